The van der Waals surface area contributed by atoms with Crippen molar-refractivity contribution in [1.82, 2.24) is 9.97 Å². The van der Waals surface area contributed by atoms with Crippen LogP contribution in [0.3, 0.4) is 0 Å². The summed E-state index contributed by atoms with van der Waals surface area (Å²) in [4.78, 5) is 44.5. The number of benzene rings is 1. The van der Waals surface area contributed by atoms with E-state index in [2.05, 4.69) is 26.9 Å². The number of H-pyrrole nitrogens is 1. The fourth-order valence-corrected chi connectivity index (χ4v) is 4.16. The van der Waals surface area contributed by atoms with Crippen LogP contribution in [0.1, 0.15) is 39.6 Å². The molecule has 0 aliphatic carbocycles. The van der Waals surface area contributed by atoms with E-state index in [1.165, 1.54) is 19.8 Å². The zero-order valence-electron chi connectivity index (χ0n) is 16.4. The molecule has 1 aromatic carbocycles. The fourth-order valence-electron chi connectivity index (χ4n) is 3.03. The van der Waals surface area contributed by atoms with Gasteiger partial charge < -0.3 is 19.8 Å². The Morgan fingerprint density at radius 3 is 2.59 bits per heavy atom. The SMILES string of the molecule is COC(=O)Cc1c(C(=O)OC)sc2nc(C[NH2+][C@H](C)c3ccccc3)[nH]c(=O)c12. The van der Waals surface area contributed by atoms with Crippen LogP contribution in [0.5, 0.6) is 0 Å². The highest BCUT2D eigenvalue weighted by Gasteiger charge is 2.25. The lowest BCUT2D eigenvalue weighted by atomic mass is 10.1. The smallest absolute Gasteiger partial charge is 0.348 e. The highest BCUT2D eigenvalue weighted by molar-refractivity contribution is 7.20. The van der Waals surface area contributed by atoms with E-state index < -0.39 is 17.5 Å². The molecule has 152 valence electrons. The number of nitrogens with one attached hydrogen (secondary N) is 1. The number of fused-ring (bicyclic) bond motifs is 1. The first-order chi connectivity index (χ1) is 13.9. The van der Waals surface area contributed by atoms with Crippen molar-refractivity contribution in [3.05, 3.63) is 62.5 Å². The number of carbonyl (C=O) groups is 2. The van der Waals surface area contributed by atoms with Crippen LogP contribution in [0.15, 0.2) is 35.1 Å². The third-order valence-electron chi connectivity index (χ3n) is 4.62. The van der Waals surface area contributed by atoms with E-state index in [1.54, 1.807) is 0 Å². The zero-order valence-corrected chi connectivity index (χ0v) is 17.2. The van der Waals surface area contributed by atoms with Gasteiger partial charge in [0.05, 0.1) is 26.0 Å². The summed E-state index contributed by atoms with van der Waals surface area (Å²) >= 11 is 1.04. The molecule has 9 heteroatoms. The number of carbonyl (C=O) groups excluding carboxylic acids is 2. The lowest BCUT2D eigenvalue weighted by Gasteiger charge is -2.10. The first kappa shape index (κ1) is 20.7. The van der Waals surface area contributed by atoms with Gasteiger partial charge in [-0.2, -0.15) is 0 Å². The Labute approximate surface area is 170 Å². The van der Waals surface area contributed by atoms with Gasteiger partial charge in [-0.1, -0.05) is 30.3 Å². The quantitative estimate of drug-likeness (QED) is 0.561. The van der Waals surface area contributed by atoms with E-state index in [1.807, 2.05) is 30.3 Å². The average Bonchev–Trinajstić information content (AvgIpc) is 3.10. The third kappa shape index (κ3) is 4.52. The number of nitrogens with zero attached hydrogens (tertiary/aromatic N) is 1. The molecule has 2 aromatic heterocycles. The molecule has 3 rings (SSSR count). The van der Waals surface area contributed by atoms with Crippen LogP contribution in [-0.2, 0) is 27.2 Å². The summed E-state index contributed by atoms with van der Waals surface area (Å²) in [6.45, 7) is 2.53. The highest BCUT2D eigenvalue weighted by atomic mass is 32.1. The van der Waals surface area contributed by atoms with E-state index in [-0.39, 0.29) is 28.3 Å². The number of quaternary nitrogens is 1. The van der Waals surface area contributed by atoms with Gasteiger partial charge in [-0.25, -0.2) is 9.78 Å². The zero-order chi connectivity index (χ0) is 21.0. The van der Waals surface area contributed by atoms with Gasteiger partial charge in [0, 0.05) is 11.1 Å². The monoisotopic (exact) mass is 416 g/mol. The predicted molar refractivity (Wildman–Crippen MR) is 108 cm³/mol. The topological polar surface area (TPSA) is 115 Å². The molecule has 0 bridgehead atoms. The van der Waals surface area contributed by atoms with Crippen LogP contribution in [0, 0.1) is 0 Å². The van der Waals surface area contributed by atoms with Crippen LogP contribution in [0.4, 0.5) is 0 Å². The van der Waals surface area contributed by atoms with E-state index >= 15 is 0 Å². The number of nitrogens with two attached hydrogens (primary N) is 1. The van der Waals surface area contributed by atoms with E-state index in [0.29, 0.717) is 17.2 Å². The summed E-state index contributed by atoms with van der Waals surface area (Å²) in [5.41, 5.74) is 1.06. The predicted octanol–water partition coefficient (Wildman–Crippen LogP) is 1.31. The van der Waals surface area contributed by atoms with Crippen LogP contribution in [-0.4, -0.2) is 36.1 Å². The first-order valence-electron chi connectivity index (χ1n) is 9.02. The molecule has 0 spiro atoms. The minimum Gasteiger partial charge on any atom is -0.469 e. The van der Waals surface area contributed by atoms with Crippen LogP contribution < -0.4 is 10.9 Å². The standard InChI is InChI=1S/C20H21N3O5S/c1-11(12-7-5-4-6-8-12)21-10-14-22-18(25)16-13(9-15(24)27-2)17(20(26)28-3)29-19(16)23-14/h4-8,11,21H,9-10H2,1-3H3,(H,22,23,25)/p+1/t11-/m1/s1. The lowest BCUT2D eigenvalue weighted by molar-refractivity contribution is -0.708. The second kappa shape index (κ2) is 8.97. The van der Waals surface area contributed by atoms with E-state index in [9.17, 15) is 14.4 Å². The number of thiophene rings is 1. The molecule has 0 radical (unpaired) electrons. The average molecular weight is 416 g/mol. The second-order valence-corrected chi connectivity index (χ2v) is 7.49. The number of methoxy groups -OCH3 is 2. The van der Waals surface area contributed by atoms with Crippen molar-refractivity contribution >= 4 is 33.5 Å². The van der Waals surface area contributed by atoms with Crippen LogP contribution >= 0.6 is 11.3 Å². The molecule has 29 heavy (non-hydrogen) atoms. The molecule has 0 saturated carbocycles. The Hall–Kier alpha value is -3.04. The fraction of sp³-hybridized carbons (Fsp3) is 0.300. The molecule has 0 fully saturated rings. The number of esters is 2. The normalized spacial score (nSPS) is 12.0. The molecule has 1 atom stereocenters. The molecule has 0 amide bonds. The van der Waals surface area contributed by atoms with Crippen molar-refractivity contribution in [2.45, 2.75) is 25.9 Å². The molecule has 2 heterocycles. The molecule has 0 saturated heterocycles. The highest BCUT2D eigenvalue weighted by Crippen LogP contribution is 2.29. The summed E-state index contributed by atoms with van der Waals surface area (Å²) in [6, 6.07) is 10.2. The van der Waals surface area contributed by atoms with Gasteiger partial charge in [-0.15, -0.1) is 11.3 Å². The number of rotatable bonds is 7. The number of aromatic nitrogens is 2. The van der Waals surface area contributed by atoms with E-state index in [4.69, 9.17) is 4.74 Å². The second-order valence-electron chi connectivity index (χ2n) is 6.49. The Morgan fingerprint density at radius 2 is 1.93 bits per heavy atom. The molecule has 0 unspecified atom stereocenters. The van der Waals surface area contributed by atoms with Gasteiger partial charge >= 0.3 is 11.9 Å². The molecule has 0 aliphatic rings. The number of aromatic amines is 1. The van der Waals surface area contributed by atoms with Crippen molar-refractivity contribution < 1.29 is 24.4 Å². The van der Waals surface area contributed by atoms with Crippen molar-refractivity contribution in [1.29, 1.82) is 0 Å². The summed E-state index contributed by atoms with van der Waals surface area (Å²) in [6.07, 6.45) is -0.206. The summed E-state index contributed by atoms with van der Waals surface area (Å²) < 4.78 is 9.48. The van der Waals surface area contributed by atoms with Crippen molar-refractivity contribution in [3.8, 4) is 0 Å². The summed E-state index contributed by atoms with van der Waals surface area (Å²) in [7, 11) is 2.50. The molecule has 8 nitrogen and oxygen atoms in total. The minimum absolute atomic E-state index is 0.182. The molecular weight excluding hydrogens is 394 g/mol. The maximum Gasteiger partial charge on any atom is 0.348 e. The van der Waals surface area contributed by atoms with Gasteiger partial charge in [0.15, 0.2) is 5.82 Å². The van der Waals surface area contributed by atoms with Gasteiger partial charge in [-0.05, 0) is 6.92 Å². The molecule has 3 N–H and O–H groups in total. The van der Waals surface area contributed by atoms with Gasteiger partial charge in [-0.3, -0.25) is 9.59 Å². The van der Waals surface area contributed by atoms with Crippen LogP contribution in [0.2, 0.25) is 0 Å². The first-order valence-corrected chi connectivity index (χ1v) is 9.84. The summed E-state index contributed by atoms with van der Waals surface area (Å²) in [5.74, 6) is -0.673. The largest absolute Gasteiger partial charge is 0.469 e. The maximum atomic E-state index is 12.7. The molecular formula is C20H22N3O5S+. The van der Waals surface area contributed by atoms with Gasteiger partial charge in [0.2, 0.25) is 0 Å². The minimum atomic E-state index is -0.614. The number of hydrogen-bond acceptors (Lipinski definition) is 7. The number of hydrogen-bond donors (Lipinski definition) is 2. The van der Waals surface area contributed by atoms with Gasteiger partial charge in [0.25, 0.3) is 5.56 Å². The van der Waals surface area contributed by atoms with Crippen molar-refractivity contribution in [2.24, 2.45) is 0 Å². The van der Waals surface area contributed by atoms with Crippen molar-refractivity contribution in [3.63, 3.8) is 0 Å². The van der Waals surface area contributed by atoms with Gasteiger partial charge in [0.1, 0.15) is 22.3 Å². The molecule has 3 aromatic rings. The third-order valence-corrected chi connectivity index (χ3v) is 5.73. The lowest BCUT2D eigenvalue weighted by Crippen LogP contribution is -2.83. The van der Waals surface area contributed by atoms with Crippen molar-refractivity contribution in [2.75, 3.05) is 14.2 Å². The number of ether oxygens (including phenoxy) is 2. The summed E-state index contributed by atoms with van der Waals surface area (Å²) in [5, 5.41) is 2.28. The van der Waals surface area contributed by atoms with Crippen LogP contribution in [0.25, 0.3) is 10.2 Å². The Balaban J connectivity index is 1.93. The molecule has 0 aliphatic heterocycles. The van der Waals surface area contributed by atoms with E-state index in [0.717, 1.165) is 11.3 Å². The Morgan fingerprint density at radius 1 is 1.21 bits per heavy atom. The Bertz CT molecular complexity index is 1090. The maximum absolute atomic E-state index is 12.7. The Kier molecular flexibility index (Phi) is 6.40.